The number of hydrogen-bond acceptors (Lipinski definition) is 3. The van der Waals surface area contributed by atoms with Crippen molar-refractivity contribution in [1.82, 2.24) is 14.9 Å². The van der Waals surface area contributed by atoms with Crippen LogP contribution in [0.25, 0.3) is 0 Å². The summed E-state index contributed by atoms with van der Waals surface area (Å²) >= 11 is 6.15. The zero-order chi connectivity index (χ0) is 13.7. The summed E-state index contributed by atoms with van der Waals surface area (Å²) in [5, 5.41) is 12.5. The number of nitrogens with zero attached hydrogens (tertiary/aromatic N) is 3. The summed E-state index contributed by atoms with van der Waals surface area (Å²) in [6, 6.07) is 7.43. The van der Waals surface area contributed by atoms with Crippen molar-refractivity contribution < 1.29 is 0 Å². The molecule has 0 spiro atoms. The van der Waals surface area contributed by atoms with E-state index in [0.29, 0.717) is 17.1 Å². The average Bonchev–Trinajstić information content (AvgIpc) is 2.86. The maximum Gasteiger partial charge on any atom is 0.0992 e. The predicted molar refractivity (Wildman–Crippen MR) is 75.1 cm³/mol. The minimum Gasteiger partial charge on any atom is -0.333 e. The van der Waals surface area contributed by atoms with E-state index in [0.717, 1.165) is 24.2 Å². The highest BCUT2D eigenvalue weighted by Gasteiger charge is 2.04. The van der Waals surface area contributed by atoms with Gasteiger partial charge in [-0.05, 0) is 24.7 Å². The third-order valence-corrected chi connectivity index (χ3v) is 3.20. The van der Waals surface area contributed by atoms with Gasteiger partial charge in [0, 0.05) is 30.7 Å². The van der Waals surface area contributed by atoms with Crippen LogP contribution in [0.3, 0.4) is 0 Å². The Balaban J connectivity index is 2.09. The van der Waals surface area contributed by atoms with Gasteiger partial charge in [0.1, 0.15) is 0 Å². The third-order valence-electron chi connectivity index (χ3n) is 2.85. The molecule has 19 heavy (non-hydrogen) atoms. The highest BCUT2D eigenvalue weighted by Crippen LogP contribution is 2.18. The summed E-state index contributed by atoms with van der Waals surface area (Å²) in [6.45, 7) is 1.58. The Morgan fingerprint density at radius 3 is 3.00 bits per heavy atom. The van der Waals surface area contributed by atoms with Crippen molar-refractivity contribution in [2.75, 3.05) is 13.6 Å². The molecule has 1 heterocycles. The van der Waals surface area contributed by atoms with Crippen molar-refractivity contribution in [2.24, 2.45) is 0 Å². The number of halogens is 1. The molecule has 1 aromatic heterocycles. The van der Waals surface area contributed by atoms with E-state index < -0.39 is 0 Å². The molecule has 1 aromatic carbocycles. The summed E-state index contributed by atoms with van der Waals surface area (Å²) in [4.78, 5) is 4.34. The van der Waals surface area contributed by atoms with Crippen molar-refractivity contribution >= 4 is 11.6 Å². The van der Waals surface area contributed by atoms with Crippen LogP contribution < -0.4 is 5.32 Å². The lowest BCUT2D eigenvalue weighted by molar-refractivity contribution is 0.774. The molecule has 2 rings (SSSR count). The van der Waals surface area contributed by atoms with Gasteiger partial charge in [0.05, 0.1) is 23.7 Å². The van der Waals surface area contributed by atoms with E-state index >= 15 is 0 Å². The van der Waals surface area contributed by atoms with Crippen LogP contribution in [0.4, 0.5) is 0 Å². The first-order valence-electron chi connectivity index (χ1n) is 6.06. The first kappa shape index (κ1) is 13.6. The van der Waals surface area contributed by atoms with Gasteiger partial charge in [0.15, 0.2) is 0 Å². The Kier molecular flexibility index (Phi) is 4.56. The fourth-order valence-electron chi connectivity index (χ4n) is 1.82. The summed E-state index contributed by atoms with van der Waals surface area (Å²) < 4.78 is 2.00. The van der Waals surface area contributed by atoms with Crippen LogP contribution in [0.2, 0.25) is 5.02 Å². The van der Waals surface area contributed by atoms with Crippen molar-refractivity contribution in [3.63, 3.8) is 0 Å². The molecule has 2 aromatic rings. The molecule has 0 fully saturated rings. The van der Waals surface area contributed by atoms with Crippen molar-refractivity contribution in [1.29, 1.82) is 5.26 Å². The van der Waals surface area contributed by atoms with Crippen LogP contribution in [-0.4, -0.2) is 23.1 Å². The zero-order valence-corrected chi connectivity index (χ0v) is 11.5. The number of hydrogen-bond donors (Lipinski definition) is 1. The van der Waals surface area contributed by atoms with E-state index in [-0.39, 0.29) is 0 Å². The molecule has 0 saturated heterocycles. The summed E-state index contributed by atoms with van der Waals surface area (Å²) in [6.07, 6.45) is 4.73. The van der Waals surface area contributed by atoms with Gasteiger partial charge in [0.2, 0.25) is 0 Å². The lowest BCUT2D eigenvalue weighted by Gasteiger charge is -2.05. The standard InChI is InChI=1S/C14H15ClN4/c1-17-5-4-13-9-19(10-18-13)8-12-3-2-11(7-16)6-14(12)15/h2-3,6,9-10,17H,4-5,8H2,1H3. The lowest BCUT2D eigenvalue weighted by Crippen LogP contribution is -2.10. The predicted octanol–water partition coefficient (Wildman–Crippen LogP) is 2.22. The molecular weight excluding hydrogens is 260 g/mol. The molecule has 0 amide bonds. The maximum absolute atomic E-state index is 8.80. The first-order chi connectivity index (χ1) is 9.22. The van der Waals surface area contributed by atoms with Crippen LogP contribution in [0, 0.1) is 11.3 Å². The third kappa shape index (κ3) is 3.57. The molecule has 0 unspecified atom stereocenters. The molecule has 0 aliphatic heterocycles. The number of nitrogens with one attached hydrogen (secondary N) is 1. The van der Waals surface area contributed by atoms with Crippen molar-refractivity contribution in [2.45, 2.75) is 13.0 Å². The van der Waals surface area contributed by atoms with Gasteiger partial charge in [-0.15, -0.1) is 0 Å². The molecule has 0 aliphatic rings. The molecule has 0 bridgehead atoms. The Hall–Kier alpha value is -1.83. The van der Waals surface area contributed by atoms with E-state index in [1.165, 1.54) is 0 Å². The fourth-order valence-corrected chi connectivity index (χ4v) is 2.06. The van der Waals surface area contributed by atoms with Gasteiger partial charge >= 0.3 is 0 Å². The number of benzene rings is 1. The second-order valence-corrected chi connectivity index (χ2v) is 4.72. The monoisotopic (exact) mass is 274 g/mol. The van der Waals surface area contributed by atoms with Gasteiger partial charge in [-0.2, -0.15) is 5.26 Å². The second-order valence-electron chi connectivity index (χ2n) is 4.31. The number of imidazole rings is 1. The minimum absolute atomic E-state index is 0.578. The number of aromatic nitrogens is 2. The Labute approximate surface area is 117 Å². The van der Waals surface area contributed by atoms with E-state index in [9.17, 15) is 0 Å². The van der Waals surface area contributed by atoms with Crippen molar-refractivity contribution in [3.8, 4) is 6.07 Å². The van der Waals surface area contributed by atoms with Gasteiger partial charge in [-0.1, -0.05) is 17.7 Å². The highest BCUT2D eigenvalue weighted by atomic mass is 35.5. The lowest BCUT2D eigenvalue weighted by atomic mass is 10.1. The smallest absolute Gasteiger partial charge is 0.0992 e. The molecule has 0 atom stereocenters. The molecule has 4 nitrogen and oxygen atoms in total. The largest absolute Gasteiger partial charge is 0.333 e. The Bertz CT molecular complexity index is 598. The van der Waals surface area contributed by atoms with E-state index in [4.69, 9.17) is 16.9 Å². The number of rotatable bonds is 5. The van der Waals surface area contributed by atoms with Crippen LogP contribution in [0.1, 0.15) is 16.8 Å². The van der Waals surface area contributed by atoms with Gasteiger partial charge in [-0.3, -0.25) is 0 Å². The van der Waals surface area contributed by atoms with Crippen LogP contribution in [-0.2, 0) is 13.0 Å². The number of nitriles is 1. The summed E-state index contributed by atoms with van der Waals surface area (Å²) in [5.41, 5.74) is 2.62. The second kappa shape index (κ2) is 6.37. The zero-order valence-electron chi connectivity index (χ0n) is 10.7. The van der Waals surface area contributed by atoms with Gasteiger partial charge in [-0.25, -0.2) is 4.98 Å². The number of likely N-dealkylation sites (N-methyl/N-ethyl adjacent to an activating group) is 1. The average molecular weight is 275 g/mol. The fraction of sp³-hybridized carbons (Fsp3) is 0.286. The van der Waals surface area contributed by atoms with E-state index in [1.54, 1.807) is 18.5 Å². The molecule has 1 N–H and O–H groups in total. The van der Waals surface area contributed by atoms with Crippen LogP contribution in [0.15, 0.2) is 30.7 Å². The molecule has 98 valence electrons. The molecule has 0 aliphatic carbocycles. The molecule has 0 radical (unpaired) electrons. The highest BCUT2D eigenvalue weighted by molar-refractivity contribution is 6.31. The van der Waals surface area contributed by atoms with E-state index in [1.807, 2.05) is 23.9 Å². The summed E-state index contributed by atoms with van der Waals surface area (Å²) in [7, 11) is 1.92. The Morgan fingerprint density at radius 1 is 1.47 bits per heavy atom. The molecular formula is C14H15ClN4. The van der Waals surface area contributed by atoms with Crippen LogP contribution in [0.5, 0.6) is 0 Å². The van der Waals surface area contributed by atoms with Gasteiger partial charge in [0.25, 0.3) is 0 Å². The molecule has 5 heteroatoms. The van der Waals surface area contributed by atoms with Crippen molar-refractivity contribution in [3.05, 3.63) is 52.6 Å². The Morgan fingerprint density at radius 2 is 2.32 bits per heavy atom. The van der Waals surface area contributed by atoms with E-state index in [2.05, 4.69) is 16.4 Å². The summed E-state index contributed by atoms with van der Waals surface area (Å²) in [5.74, 6) is 0. The maximum atomic E-state index is 8.80. The topological polar surface area (TPSA) is 53.6 Å². The van der Waals surface area contributed by atoms with Crippen LogP contribution >= 0.6 is 11.6 Å². The first-order valence-corrected chi connectivity index (χ1v) is 6.44. The SMILES string of the molecule is CNCCc1cn(Cc2ccc(C#N)cc2Cl)cn1. The quantitative estimate of drug-likeness (QED) is 0.910. The normalized spacial score (nSPS) is 10.4. The minimum atomic E-state index is 0.578. The molecule has 0 saturated carbocycles. The van der Waals surface area contributed by atoms with Gasteiger partial charge < -0.3 is 9.88 Å².